The van der Waals surface area contributed by atoms with Crippen LogP contribution in [0.25, 0.3) is 0 Å². The molecule has 0 radical (unpaired) electrons. The smallest absolute Gasteiger partial charge is 0.137 e. The maximum absolute atomic E-state index is 13.3. The molecular weight excluding hydrogens is 265 g/mol. The molecule has 15 heavy (non-hydrogen) atoms. The fraction of sp³-hybridized carbons (Fsp3) is 0.400. The third kappa shape index (κ3) is 2.90. The van der Waals surface area contributed by atoms with Crippen molar-refractivity contribution in [1.29, 1.82) is 0 Å². The molecule has 0 fully saturated rings. The van der Waals surface area contributed by atoms with E-state index in [9.17, 15) is 4.39 Å². The summed E-state index contributed by atoms with van der Waals surface area (Å²) in [6.07, 6.45) is 0.372. The number of halogens is 2. The fourth-order valence-corrected chi connectivity index (χ4v) is 1.63. The predicted octanol–water partition coefficient (Wildman–Crippen LogP) is 1.98. The van der Waals surface area contributed by atoms with Gasteiger partial charge in [0.05, 0.1) is 11.6 Å². The van der Waals surface area contributed by atoms with Crippen molar-refractivity contribution in [3.05, 3.63) is 28.0 Å². The van der Waals surface area contributed by atoms with Crippen LogP contribution < -0.4 is 10.5 Å². The summed E-state index contributed by atoms with van der Waals surface area (Å²) in [7, 11) is 1.49. The quantitative estimate of drug-likeness (QED) is 0.885. The summed E-state index contributed by atoms with van der Waals surface area (Å²) in [5.41, 5.74) is 6.34. The first-order chi connectivity index (χ1) is 7.10. The molecule has 0 amide bonds. The van der Waals surface area contributed by atoms with Gasteiger partial charge in [-0.3, -0.25) is 0 Å². The van der Waals surface area contributed by atoms with E-state index in [0.717, 1.165) is 0 Å². The fourth-order valence-electron chi connectivity index (χ4n) is 1.31. The van der Waals surface area contributed by atoms with E-state index in [-0.39, 0.29) is 12.4 Å². The molecule has 0 aromatic heterocycles. The molecule has 3 N–H and O–H groups in total. The summed E-state index contributed by atoms with van der Waals surface area (Å²) in [5, 5.41) is 8.76. The Bertz CT molecular complexity index is 346. The lowest BCUT2D eigenvalue weighted by atomic mass is 10.0. The molecule has 1 aromatic carbocycles. The molecule has 0 aliphatic heterocycles. The molecule has 84 valence electrons. The molecule has 0 spiro atoms. The van der Waals surface area contributed by atoms with Crippen molar-refractivity contribution in [3.8, 4) is 5.75 Å². The Kier molecular flexibility index (Phi) is 4.50. The van der Waals surface area contributed by atoms with Gasteiger partial charge >= 0.3 is 0 Å². The van der Waals surface area contributed by atoms with Gasteiger partial charge in [0, 0.05) is 18.2 Å². The first-order valence-electron chi connectivity index (χ1n) is 4.49. The van der Waals surface area contributed by atoms with Gasteiger partial charge in [0.2, 0.25) is 0 Å². The second-order valence-corrected chi connectivity index (χ2v) is 3.98. The van der Waals surface area contributed by atoms with Crippen molar-refractivity contribution in [2.45, 2.75) is 12.5 Å². The van der Waals surface area contributed by atoms with Gasteiger partial charge in [-0.15, -0.1) is 0 Å². The molecule has 1 unspecified atom stereocenters. The zero-order chi connectivity index (χ0) is 11.4. The molecular formula is C10H13BrFNO2. The minimum absolute atomic E-state index is 0.0397. The average molecular weight is 278 g/mol. The lowest BCUT2D eigenvalue weighted by Gasteiger charge is -2.15. The van der Waals surface area contributed by atoms with Crippen LogP contribution in [0.3, 0.4) is 0 Å². The molecule has 0 saturated heterocycles. The normalized spacial score (nSPS) is 12.6. The van der Waals surface area contributed by atoms with Gasteiger partial charge < -0.3 is 15.6 Å². The molecule has 0 aliphatic rings. The minimum atomic E-state index is -0.424. The highest BCUT2D eigenvalue weighted by Gasteiger charge is 2.14. The summed E-state index contributed by atoms with van der Waals surface area (Å²) in [6.45, 7) is -0.0397. The molecule has 0 saturated carbocycles. The van der Waals surface area contributed by atoms with Crippen molar-refractivity contribution in [2.75, 3.05) is 13.7 Å². The zero-order valence-electron chi connectivity index (χ0n) is 8.34. The average Bonchev–Trinajstić information content (AvgIpc) is 2.21. The van der Waals surface area contributed by atoms with Crippen molar-refractivity contribution >= 4 is 15.9 Å². The van der Waals surface area contributed by atoms with Gasteiger partial charge in [-0.25, -0.2) is 4.39 Å². The summed E-state index contributed by atoms with van der Waals surface area (Å²) in [5.74, 6) is 0.128. The first-order valence-corrected chi connectivity index (χ1v) is 5.28. The van der Waals surface area contributed by atoms with Gasteiger partial charge in [0.1, 0.15) is 11.6 Å². The van der Waals surface area contributed by atoms with Crippen LogP contribution in [0.15, 0.2) is 16.6 Å². The topological polar surface area (TPSA) is 55.5 Å². The summed E-state index contributed by atoms with van der Waals surface area (Å²) in [4.78, 5) is 0. The Morgan fingerprint density at radius 3 is 2.80 bits per heavy atom. The molecule has 0 heterocycles. The van der Waals surface area contributed by atoms with Crippen LogP contribution in [0.1, 0.15) is 18.0 Å². The van der Waals surface area contributed by atoms with Gasteiger partial charge in [0.25, 0.3) is 0 Å². The Morgan fingerprint density at radius 2 is 2.27 bits per heavy atom. The Balaban J connectivity index is 3.09. The molecule has 0 bridgehead atoms. The summed E-state index contributed by atoms with van der Waals surface area (Å²) < 4.78 is 18.7. The number of hydrogen-bond acceptors (Lipinski definition) is 3. The van der Waals surface area contributed by atoms with Gasteiger partial charge in [0.15, 0.2) is 0 Å². The van der Waals surface area contributed by atoms with Crippen molar-refractivity contribution in [1.82, 2.24) is 0 Å². The van der Waals surface area contributed by atoms with E-state index in [1.807, 2.05) is 0 Å². The lowest BCUT2D eigenvalue weighted by Crippen LogP contribution is -2.13. The van der Waals surface area contributed by atoms with E-state index in [1.165, 1.54) is 19.2 Å². The number of aliphatic hydroxyl groups excluding tert-OH is 1. The van der Waals surface area contributed by atoms with Gasteiger partial charge in [-0.05, 0) is 34.5 Å². The highest BCUT2D eigenvalue weighted by atomic mass is 79.9. The first kappa shape index (κ1) is 12.4. The van der Waals surface area contributed by atoms with Crippen LogP contribution in [-0.4, -0.2) is 18.8 Å². The Morgan fingerprint density at radius 1 is 1.60 bits per heavy atom. The number of ether oxygens (including phenoxy) is 1. The van der Waals surface area contributed by atoms with Crippen LogP contribution in [-0.2, 0) is 0 Å². The van der Waals surface area contributed by atoms with E-state index in [0.29, 0.717) is 22.2 Å². The standard InChI is InChI=1S/C10H13BrFNO2/c1-15-10-5-7(11)8(12)4-6(10)9(13)2-3-14/h4-5,9,14H,2-3,13H2,1H3. The molecule has 3 nitrogen and oxygen atoms in total. The molecule has 5 heteroatoms. The van der Waals surface area contributed by atoms with Crippen LogP contribution >= 0.6 is 15.9 Å². The number of rotatable bonds is 4. The van der Waals surface area contributed by atoms with Crippen molar-refractivity contribution in [2.24, 2.45) is 5.73 Å². The maximum Gasteiger partial charge on any atom is 0.137 e. The van der Waals surface area contributed by atoms with Crippen molar-refractivity contribution < 1.29 is 14.2 Å². The highest BCUT2D eigenvalue weighted by molar-refractivity contribution is 9.10. The van der Waals surface area contributed by atoms with E-state index in [4.69, 9.17) is 15.6 Å². The van der Waals surface area contributed by atoms with Crippen LogP contribution in [0, 0.1) is 5.82 Å². The SMILES string of the molecule is COc1cc(Br)c(F)cc1C(N)CCO. The Hall–Kier alpha value is -0.650. The number of benzene rings is 1. The number of hydrogen-bond donors (Lipinski definition) is 2. The van der Waals surface area contributed by atoms with Gasteiger partial charge in [-0.2, -0.15) is 0 Å². The van der Waals surface area contributed by atoms with Crippen LogP contribution in [0.2, 0.25) is 0 Å². The number of aliphatic hydroxyl groups is 1. The maximum atomic E-state index is 13.3. The van der Waals surface area contributed by atoms with E-state index in [2.05, 4.69) is 15.9 Å². The van der Waals surface area contributed by atoms with Crippen LogP contribution in [0.4, 0.5) is 4.39 Å². The number of nitrogens with two attached hydrogens (primary N) is 1. The highest BCUT2D eigenvalue weighted by Crippen LogP contribution is 2.30. The third-order valence-corrected chi connectivity index (χ3v) is 2.72. The molecule has 1 aromatic rings. The van der Waals surface area contributed by atoms with Crippen LogP contribution in [0.5, 0.6) is 5.75 Å². The summed E-state index contributed by atoms with van der Waals surface area (Å²) in [6, 6.07) is 2.43. The van der Waals surface area contributed by atoms with Crippen molar-refractivity contribution in [3.63, 3.8) is 0 Å². The lowest BCUT2D eigenvalue weighted by molar-refractivity contribution is 0.275. The van der Waals surface area contributed by atoms with E-state index < -0.39 is 6.04 Å². The molecule has 1 atom stereocenters. The predicted molar refractivity (Wildman–Crippen MR) is 59.3 cm³/mol. The Labute approximate surface area is 96.2 Å². The van der Waals surface area contributed by atoms with E-state index in [1.54, 1.807) is 0 Å². The second kappa shape index (κ2) is 5.44. The number of methoxy groups -OCH3 is 1. The molecule has 1 rings (SSSR count). The minimum Gasteiger partial charge on any atom is -0.496 e. The monoisotopic (exact) mass is 277 g/mol. The summed E-state index contributed by atoms with van der Waals surface area (Å²) >= 11 is 3.06. The second-order valence-electron chi connectivity index (χ2n) is 3.13. The molecule has 0 aliphatic carbocycles. The third-order valence-electron chi connectivity index (χ3n) is 2.11. The largest absolute Gasteiger partial charge is 0.496 e. The zero-order valence-corrected chi connectivity index (χ0v) is 9.92. The van der Waals surface area contributed by atoms with E-state index >= 15 is 0 Å². The van der Waals surface area contributed by atoms with Gasteiger partial charge in [-0.1, -0.05) is 0 Å².